The third-order valence-corrected chi connectivity index (χ3v) is 1.88. The van der Waals surface area contributed by atoms with Crippen LogP contribution in [0.2, 0.25) is 0 Å². The van der Waals surface area contributed by atoms with E-state index in [0.717, 1.165) is 5.69 Å². The number of aromatic nitrogens is 1. The van der Waals surface area contributed by atoms with Crippen LogP contribution in [-0.2, 0) is 0 Å². The van der Waals surface area contributed by atoms with Crippen LogP contribution < -0.4 is 0 Å². The van der Waals surface area contributed by atoms with E-state index in [4.69, 9.17) is 0 Å². The third-order valence-electron chi connectivity index (χ3n) is 1.88. The van der Waals surface area contributed by atoms with Crippen molar-refractivity contribution in [3.63, 3.8) is 0 Å². The Hall–Kier alpha value is -1.37. The zero-order valence-electron chi connectivity index (χ0n) is 8.20. The number of allylic oxidation sites excluding steroid dienone is 3. The van der Waals surface area contributed by atoms with Crippen LogP contribution >= 0.6 is 0 Å². The van der Waals surface area contributed by atoms with Gasteiger partial charge in [-0.25, -0.2) is 0 Å². The molecule has 1 heteroatoms. The van der Waals surface area contributed by atoms with Crippen molar-refractivity contribution >= 4 is 5.57 Å². The first kappa shape index (κ1) is 9.72. The summed E-state index contributed by atoms with van der Waals surface area (Å²) in [5, 5.41) is 0. The molecule has 1 heterocycles. The number of rotatable bonds is 3. The minimum absolute atomic E-state index is 0.480. The SMILES string of the molecule is C=C/C=C(/c1ccccn1)C(C)C. The second kappa shape index (κ2) is 4.61. The highest BCUT2D eigenvalue weighted by atomic mass is 14.7. The van der Waals surface area contributed by atoms with Crippen molar-refractivity contribution in [1.29, 1.82) is 0 Å². The van der Waals surface area contributed by atoms with E-state index < -0.39 is 0 Å². The van der Waals surface area contributed by atoms with Crippen LogP contribution in [0.15, 0.2) is 43.1 Å². The summed E-state index contributed by atoms with van der Waals surface area (Å²) >= 11 is 0. The van der Waals surface area contributed by atoms with Crippen LogP contribution in [0, 0.1) is 5.92 Å². The van der Waals surface area contributed by atoms with Crippen molar-refractivity contribution < 1.29 is 0 Å². The summed E-state index contributed by atoms with van der Waals surface area (Å²) in [7, 11) is 0. The van der Waals surface area contributed by atoms with Gasteiger partial charge in [0.2, 0.25) is 0 Å². The van der Waals surface area contributed by atoms with Gasteiger partial charge in [0.25, 0.3) is 0 Å². The van der Waals surface area contributed by atoms with Gasteiger partial charge in [0.1, 0.15) is 0 Å². The average molecular weight is 173 g/mol. The second-order valence-corrected chi connectivity index (χ2v) is 3.23. The summed E-state index contributed by atoms with van der Waals surface area (Å²) in [4.78, 5) is 4.30. The molecular weight excluding hydrogens is 158 g/mol. The normalized spacial score (nSPS) is 11.8. The lowest BCUT2D eigenvalue weighted by molar-refractivity contribution is 0.848. The molecule has 0 aromatic carbocycles. The Kier molecular flexibility index (Phi) is 3.44. The molecule has 1 nitrogen and oxygen atoms in total. The van der Waals surface area contributed by atoms with Crippen LogP contribution in [0.4, 0.5) is 0 Å². The first-order valence-corrected chi connectivity index (χ1v) is 4.49. The fourth-order valence-corrected chi connectivity index (χ4v) is 1.23. The molecule has 1 aromatic heterocycles. The van der Waals surface area contributed by atoms with E-state index in [2.05, 4.69) is 25.4 Å². The molecule has 68 valence electrons. The molecule has 0 amide bonds. The van der Waals surface area contributed by atoms with Crippen molar-refractivity contribution in [3.05, 3.63) is 48.8 Å². The molecule has 0 fully saturated rings. The molecule has 1 aromatic rings. The van der Waals surface area contributed by atoms with Gasteiger partial charge >= 0.3 is 0 Å². The third kappa shape index (κ3) is 2.55. The molecule has 0 spiro atoms. The lowest BCUT2D eigenvalue weighted by atomic mass is 9.99. The summed E-state index contributed by atoms with van der Waals surface area (Å²) < 4.78 is 0. The van der Waals surface area contributed by atoms with Gasteiger partial charge in [-0.1, -0.05) is 38.6 Å². The Labute approximate surface area is 79.8 Å². The quantitative estimate of drug-likeness (QED) is 0.639. The fourth-order valence-electron chi connectivity index (χ4n) is 1.23. The number of hydrogen-bond donors (Lipinski definition) is 0. The highest BCUT2D eigenvalue weighted by molar-refractivity contribution is 5.65. The van der Waals surface area contributed by atoms with Crippen LogP contribution in [-0.4, -0.2) is 4.98 Å². The molecule has 0 aliphatic heterocycles. The molecule has 0 radical (unpaired) electrons. The van der Waals surface area contributed by atoms with E-state index in [0.29, 0.717) is 5.92 Å². The first-order valence-electron chi connectivity index (χ1n) is 4.49. The van der Waals surface area contributed by atoms with Crippen molar-refractivity contribution in [1.82, 2.24) is 4.98 Å². The largest absolute Gasteiger partial charge is 0.257 e. The van der Waals surface area contributed by atoms with Gasteiger partial charge in [0, 0.05) is 6.20 Å². The number of pyridine rings is 1. The van der Waals surface area contributed by atoms with Crippen LogP contribution in [0.1, 0.15) is 19.5 Å². The minimum atomic E-state index is 0.480. The van der Waals surface area contributed by atoms with Gasteiger partial charge in [-0.15, -0.1) is 0 Å². The summed E-state index contributed by atoms with van der Waals surface area (Å²) in [6.07, 6.45) is 5.64. The summed E-state index contributed by atoms with van der Waals surface area (Å²) in [6.45, 7) is 8.02. The lowest BCUT2D eigenvalue weighted by Crippen LogP contribution is -1.95. The molecule has 0 aliphatic carbocycles. The maximum Gasteiger partial charge on any atom is 0.0664 e. The molecule has 0 aliphatic rings. The zero-order chi connectivity index (χ0) is 9.68. The number of hydrogen-bond acceptors (Lipinski definition) is 1. The Bertz CT molecular complexity index is 296. The van der Waals surface area contributed by atoms with Crippen LogP contribution in [0.25, 0.3) is 5.57 Å². The molecular formula is C12H15N. The van der Waals surface area contributed by atoms with Gasteiger partial charge in [-0.2, -0.15) is 0 Å². The van der Waals surface area contributed by atoms with E-state index in [1.807, 2.05) is 36.5 Å². The minimum Gasteiger partial charge on any atom is -0.257 e. The Morgan fingerprint density at radius 2 is 2.23 bits per heavy atom. The maximum absolute atomic E-state index is 4.30. The van der Waals surface area contributed by atoms with Crippen molar-refractivity contribution in [2.24, 2.45) is 5.92 Å². The summed E-state index contributed by atoms with van der Waals surface area (Å²) in [5.41, 5.74) is 2.27. The van der Waals surface area contributed by atoms with Crippen molar-refractivity contribution in [2.75, 3.05) is 0 Å². The van der Waals surface area contributed by atoms with Gasteiger partial charge < -0.3 is 0 Å². The lowest BCUT2D eigenvalue weighted by Gasteiger charge is -2.09. The average Bonchev–Trinajstić information content (AvgIpc) is 2.15. The smallest absolute Gasteiger partial charge is 0.0664 e. The Balaban J connectivity index is 3.03. The fraction of sp³-hybridized carbons (Fsp3) is 0.250. The zero-order valence-corrected chi connectivity index (χ0v) is 8.20. The van der Waals surface area contributed by atoms with E-state index in [1.165, 1.54) is 5.57 Å². The topological polar surface area (TPSA) is 12.9 Å². The van der Waals surface area contributed by atoms with Gasteiger partial charge in [-0.05, 0) is 23.6 Å². The van der Waals surface area contributed by atoms with E-state index in [1.54, 1.807) is 0 Å². The highest BCUT2D eigenvalue weighted by Crippen LogP contribution is 2.20. The molecule has 0 atom stereocenters. The van der Waals surface area contributed by atoms with Gasteiger partial charge in [0.15, 0.2) is 0 Å². The molecule has 0 unspecified atom stereocenters. The van der Waals surface area contributed by atoms with Gasteiger partial charge in [0.05, 0.1) is 5.69 Å². The van der Waals surface area contributed by atoms with Crippen LogP contribution in [0.3, 0.4) is 0 Å². The molecule has 1 rings (SSSR count). The van der Waals surface area contributed by atoms with E-state index >= 15 is 0 Å². The molecule has 13 heavy (non-hydrogen) atoms. The second-order valence-electron chi connectivity index (χ2n) is 3.23. The molecule has 0 saturated heterocycles. The van der Waals surface area contributed by atoms with Crippen molar-refractivity contribution in [3.8, 4) is 0 Å². The Morgan fingerprint density at radius 1 is 1.46 bits per heavy atom. The van der Waals surface area contributed by atoms with E-state index in [-0.39, 0.29) is 0 Å². The standard InChI is InChI=1S/C12H15N/c1-4-7-11(10(2)3)12-8-5-6-9-13-12/h4-10H,1H2,2-3H3/b11-7+. The summed E-state index contributed by atoms with van der Waals surface area (Å²) in [6, 6.07) is 5.95. The maximum atomic E-state index is 4.30. The molecule has 0 N–H and O–H groups in total. The molecule has 0 saturated carbocycles. The van der Waals surface area contributed by atoms with Gasteiger partial charge in [-0.3, -0.25) is 4.98 Å². The number of nitrogens with zero attached hydrogens (tertiary/aromatic N) is 1. The first-order chi connectivity index (χ1) is 6.25. The monoisotopic (exact) mass is 173 g/mol. The Morgan fingerprint density at radius 3 is 2.69 bits per heavy atom. The summed E-state index contributed by atoms with van der Waals surface area (Å²) in [5.74, 6) is 0.480. The highest BCUT2D eigenvalue weighted by Gasteiger charge is 2.05. The van der Waals surface area contributed by atoms with Crippen LogP contribution in [0.5, 0.6) is 0 Å². The van der Waals surface area contributed by atoms with Crippen molar-refractivity contribution in [2.45, 2.75) is 13.8 Å². The predicted molar refractivity (Wildman–Crippen MR) is 57.2 cm³/mol. The van der Waals surface area contributed by atoms with E-state index in [9.17, 15) is 0 Å². The predicted octanol–water partition coefficient (Wildman–Crippen LogP) is 3.31. The molecule has 0 bridgehead atoms.